The van der Waals surface area contributed by atoms with Crippen molar-refractivity contribution in [2.75, 3.05) is 4.90 Å². The first-order valence-electron chi connectivity index (χ1n) is 9.35. The molecule has 0 fully saturated rings. The molecule has 0 saturated carbocycles. The Morgan fingerprint density at radius 1 is 1.07 bits per heavy atom. The number of para-hydroxylation sites is 1. The molecule has 1 unspecified atom stereocenters. The molecule has 7 nitrogen and oxygen atoms in total. The zero-order valence-corrected chi connectivity index (χ0v) is 15.2. The van der Waals surface area contributed by atoms with Crippen LogP contribution >= 0.6 is 0 Å². The van der Waals surface area contributed by atoms with Crippen LogP contribution < -0.4 is 10.2 Å². The van der Waals surface area contributed by atoms with E-state index in [9.17, 15) is 9.59 Å². The summed E-state index contributed by atoms with van der Waals surface area (Å²) in [6, 6.07) is 11.4. The second-order valence-electron chi connectivity index (χ2n) is 7.20. The number of imidazole rings is 1. The van der Waals surface area contributed by atoms with E-state index in [0.29, 0.717) is 23.3 Å². The SMILES string of the molecule is O=C1NC(=O)C(C2Cc3cccc4c3N2C=CN=C4)=C1c1cnc2ccccn12. The molecule has 0 aliphatic carbocycles. The van der Waals surface area contributed by atoms with E-state index in [1.54, 1.807) is 12.4 Å². The van der Waals surface area contributed by atoms with Gasteiger partial charge in [-0.05, 0) is 24.1 Å². The molecule has 3 aromatic rings. The minimum Gasteiger partial charge on any atom is -0.338 e. The summed E-state index contributed by atoms with van der Waals surface area (Å²) in [5, 5.41) is 2.49. The molecule has 7 heteroatoms. The quantitative estimate of drug-likeness (QED) is 0.690. The maximum atomic E-state index is 12.9. The van der Waals surface area contributed by atoms with Gasteiger partial charge < -0.3 is 4.90 Å². The zero-order valence-electron chi connectivity index (χ0n) is 15.2. The van der Waals surface area contributed by atoms with Crippen molar-refractivity contribution in [1.29, 1.82) is 0 Å². The number of fused-ring (bicyclic) bond motifs is 1. The normalized spacial score (nSPS) is 19.9. The summed E-state index contributed by atoms with van der Waals surface area (Å²) in [5.74, 6) is -0.740. The van der Waals surface area contributed by atoms with E-state index in [4.69, 9.17) is 0 Å². The molecule has 3 aliphatic rings. The lowest BCUT2D eigenvalue weighted by Crippen LogP contribution is -2.34. The summed E-state index contributed by atoms with van der Waals surface area (Å²) >= 11 is 0. The number of aliphatic imine (C=N–C) groups is 1. The molecule has 29 heavy (non-hydrogen) atoms. The minimum atomic E-state index is -0.387. The zero-order chi connectivity index (χ0) is 19.5. The fourth-order valence-electron chi connectivity index (χ4n) is 4.47. The number of carbonyl (C=O) groups is 2. The van der Waals surface area contributed by atoms with Crippen molar-refractivity contribution >= 4 is 34.9 Å². The molecule has 6 rings (SSSR count). The summed E-state index contributed by atoms with van der Waals surface area (Å²) in [7, 11) is 0. The van der Waals surface area contributed by atoms with Crippen LogP contribution in [0.15, 0.2) is 71.8 Å². The highest BCUT2D eigenvalue weighted by atomic mass is 16.2. The van der Waals surface area contributed by atoms with Gasteiger partial charge in [0.05, 0.1) is 34.8 Å². The largest absolute Gasteiger partial charge is 0.338 e. The van der Waals surface area contributed by atoms with E-state index in [0.717, 1.165) is 22.5 Å². The Hall–Kier alpha value is -4.00. The molecule has 0 spiro atoms. The van der Waals surface area contributed by atoms with Gasteiger partial charge in [0.15, 0.2) is 0 Å². The lowest BCUT2D eigenvalue weighted by molar-refractivity contribution is -0.123. The Morgan fingerprint density at radius 3 is 2.93 bits per heavy atom. The van der Waals surface area contributed by atoms with Crippen LogP contribution in [0.3, 0.4) is 0 Å². The van der Waals surface area contributed by atoms with Crippen molar-refractivity contribution in [3.05, 3.63) is 83.6 Å². The van der Waals surface area contributed by atoms with Crippen molar-refractivity contribution in [3.8, 4) is 0 Å². The van der Waals surface area contributed by atoms with E-state index < -0.39 is 0 Å². The van der Waals surface area contributed by atoms with Crippen LogP contribution in [-0.2, 0) is 16.0 Å². The number of pyridine rings is 1. The molecule has 1 atom stereocenters. The third kappa shape index (κ3) is 2.18. The van der Waals surface area contributed by atoms with Crippen molar-refractivity contribution < 1.29 is 9.59 Å². The van der Waals surface area contributed by atoms with Crippen molar-refractivity contribution in [1.82, 2.24) is 14.7 Å². The number of nitrogens with zero attached hydrogens (tertiary/aromatic N) is 4. The number of amides is 2. The van der Waals surface area contributed by atoms with Crippen LogP contribution in [0.5, 0.6) is 0 Å². The predicted octanol–water partition coefficient (Wildman–Crippen LogP) is 2.08. The molecule has 0 bridgehead atoms. The Kier molecular flexibility index (Phi) is 3.17. The molecule has 0 radical (unpaired) electrons. The predicted molar refractivity (Wildman–Crippen MR) is 108 cm³/mol. The van der Waals surface area contributed by atoms with Crippen LogP contribution in [-0.4, -0.2) is 33.5 Å². The van der Waals surface area contributed by atoms with Crippen LogP contribution in [0.1, 0.15) is 16.8 Å². The lowest BCUT2D eigenvalue weighted by atomic mass is 9.97. The minimum absolute atomic E-state index is 0.292. The van der Waals surface area contributed by atoms with Gasteiger partial charge in [0, 0.05) is 30.4 Å². The fraction of sp³-hybridized carbons (Fsp3) is 0.0909. The van der Waals surface area contributed by atoms with E-state index in [1.807, 2.05) is 53.3 Å². The number of nitrogens with one attached hydrogen (secondary N) is 1. The van der Waals surface area contributed by atoms with Gasteiger partial charge in [-0.3, -0.25) is 24.3 Å². The number of benzene rings is 1. The smallest absolute Gasteiger partial charge is 0.260 e. The highest BCUT2D eigenvalue weighted by Gasteiger charge is 2.43. The highest BCUT2D eigenvalue weighted by molar-refractivity contribution is 6.36. The van der Waals surface area contributed by atoms with Crippen LogP contribution in [0.2, 0.25) is 0 Å². The first-order chi connectivity index (χ1) is 14.2. The van der Waals surface area contributed by atoms with E-state index in [1.165, 1.54) is 0 Å². The molecule has 140 valence electrons. The maximum Gasteiger partial charge on any atom is 0.260 e. The number of hydrogen-bond acceptors (Lipinski definition) is 5. The molecular weight excluding hydrogens is 366 g/mol. The Morgan fingerprint density at radius 2 is 2.00 bits per heavy atom. The van der Waals surface area contributed by atoms with Crippen LogP contribution in [0.25, 0.3) is 11.2 Å². The number of anilines is 1. The molecule has 5 heterocycles. The van der Waals surface area contributed by atoms with Gasteiger partial charge in [0.1, 0.15) is 5.65 Å². The van der Waals surface area contributed by atoms with E-state index >= 15 is 0 Å². The molecule has 1 N–H and O–H groups in total. The summed E-state index contributed by atoms with van der Waals surface area (Å²) in [5.41, 5.74) is 5.35. The molecule has 3 aliphatic heterocycles. The number of rotatable bonds is 2. The fourth-order valence-corrected chi connectivity index (χ4v) is 4.47. The molecular formula is C22H15N5O2. The van der Waals surface area contributed by atoms with Gasteiger partial charge >= 0.3 is 0 Å². The first kappa shape index (κ1) is 16.0. The Balaban J connectivity index is 1.58. The summed E-state index contributed by atoms with van der Waals surface area (Å²) in [6.45, 7) is 0. The standard InChI is InChI=1S/C22H15N5O2/c28-21-18(15-10-13-4-3-5-14-11-23-7-9-27(15)20(13)14)19(22(29)25-21)16-12-24-17-6-1-2-8-26(16)17/h1-9,11-12,15H,10H2,(H,25,28,29). The van der Waals surface area contributed by atoms with Gasteiger partial charge in [0.2, 0.25) is 0 Å². The third-order valence-electron chi connectivity index (χ3n) is 5.66. The van der Waals surface area contributed by atoms with Gasteiger partial charge in [-0.1, -0.05) is 24.3 Å². The highest BCUT2D eigenvalue weighted by Crippen LogP contribution is 2.41. The van der Waals surface area contributed by atoms with E-state index in [2.05, 4.69) is 26.3 Å². The number of imide groups is 1. The number of carbonyl (C=O) groups excluding carboxylic acids is 2. The third-order valence-corrected chi connectivity index (χ3v) is 5.66. The average molecular weight is 381 g/mol. The van der Waals surface area contributed by atoms with Gasteiger partial charge in [-0.15, -0.1) is 0 Å². The molecule has 1 aromatic carbocycles. The lowest BCUT2D eigenvalue weighted by Gasteiger charge is -2.24. The maximum absolute atomic E-state index is 12.9. The number of hydrogen-bond donors (Lipinski definition) is 1. The number of aromatic nitrogens is 2. The van der Waals surface area contributed by atoms with Gasteiger partial charge in [0.25, 0.3) is 11.8 Å². The first-order valence-corrected chi connectivity index (χ1v) is 9.35. The second kappa shape index (κ2) is 5.75. The Bertz CT molecular complexity index is 1310. The second-order valence-corrected chi connectivity index (χ2v) is 7.20. The summed E-state index contributed by atoms with van der Waals surface area (Å²) in [4.78, 5) is 36.5. The van der Waals surface area contributed by atoms with Crippen LogP contribution in [0, 0.1) is 0 Å². The average Bonchev–Trinajstić information content (AvgIpc) is 3.32. The summed E-state index contributed by atoms with van der Waals surface area (Å²) < 4.78 is 1.84. The van der Waals surface area contributed by atoms with Gasteiger partial charge in [-0.25, -0.2) is 4.98 Å². The van der Waals surface area contributed by atoms with Crippen molar-refractivity contribution in [2.24, 2.45) is 4.99 Å². The van der Waals surface area contributed by atoms with Crippen molar-refractivity contribution in [3.63, 3.8) is 0 Å². The monoisotopic (exact) mass is 381 g/mol. The molecule has 0 saturated heterocycles. The topological polar surface area (TPSA) is 79.1 Å². The van der Waals surface area contributed by atoms with Gasteiger partial charge in [-0.2, -0.15) is 0 Å². The summed E-state index contributed by atoms with van der Waals surface area (Å²) in [6.07, 6.45) is 9.54. The Labute approximate surface area is 165 Å². The molecule has 2 aromatic heterocycles. The molecule has 2 amide bonds. The van der Waals surface area contributed by atoms with E-state index in [-0.39, 0.29) is 17.9 Å². The van der Waals surface area contributed by atoms with Crippen molar-refractivity contribution in [2.45, 2.75) is 12.5 Å². The van der Waals surface area contributed by atoms with Crippen LogP contribution in [0.4, 0.5) is 5.69 Å².